The maximum Gasteiger partial charge on any atom is 0.231 e. The van der Waals surface area contributed by atoms with Gasteiger partial charge in [0.1, 0.15) is 7.05 Å². The van der Waals surface area contributed by atoms with Crippen LogP contribution in [-0.2, 0) is 19.9 Å². The first-order chi connectivity index (χ1) is 16.2. The molecule has 0 radical (unpaired) electrons. The van der Waals surface area contributed by atoms with Gasteiger partial charge in [0.15, 0.2) is 23.0 Å². The van der Waals surface area contributed by atoms with Crippen LogP contribution < -0.4 is 35.9 Å². The largest absolute Gasteiger partial charge is 1.00 e. The zero-order valence-corrected chi connectivity index (χ0v) is 20.6. The zero-order valence-electron chi connectivity index (χ0n) is 19.9. The number of likely N-dealkylation sites (tertiary alicyclic amines) is 1. The third-order valence-electron chi connectivity index (χ3n) is 7.26. The van der Waals surface area contributed by atoms with E-state index < -0.39 is 0 Å². The summed E-state index contributed by atoms with van der Waals surface area (Å²) >= 11 is 0. The van der Waals surface area contributed by atoms with E-state index in [1.165, 1.54) is 48.3 Å². The van der Waals surface area contributed by atoms with Crippen molar-refractivity contribution in [1.82, 2.24) is 4.90 Å². The highest BCUT2D eigenvalue weighted by Gasteiger charge is 2.30. The minimum Gasteiger partial charge on any atom is -1.00 e. The Labute approximate surface area is 206 Å². The molecule has 3 aliphatic rings. The maximum atomic E-state index is 6.38. The highest BCUT2D eigenvalue weighted by atomic mass is 35.5. The Bertz CT molecular complexity index is 1220. The highest BCUT2D eigenvalue weighted by molar-refractivity contribution is 5.88. The summed E-state index contributed by atoms with van der Waals surface area (Å²) in [5.74, 6) is 3.34. The van der Waals surface area contributed by atoms with Gasteiger partial charge in [-0.3, -0.25) is 0 Å². The second-order valence-corrected chi connectivity index (χ2v) is 9.22. The minimum atomic E-state index is 0. The van der Waals surface area contributed by atoms with Crippen molar-refractivity contribution in [2.75, 3.05) is 40.1 Å². The Morgan fingerprint density at radius 1 is 1.00 bits per heavy atom. The van der Waals surface area contributed by atoms with Crippen LogP contribution in [0.25, 0.3) is 22.2 Å². The van der Waals surface area contributed by atoms with Crippen LogP contribution in [0.5, 0.6) is 23.0 Å². The van der Waals surface area contributed by atoms with Gasteiger partial charge in [0.25, 0.3) is 0 Å². The van der Waals surface area contributed by atoms with E-state index in [9.17, 15) is 0 Å². The second-order valence-electron chi connectivity index (χ2n) is 9.22. The van der Waals surface area contributed by atoms with Crippen LogP contribution in [0.1, 0.15) is 30.4 Å². The van der Waals surface area contributed by atoms with E-state index in [1.807, 2.05) is 6.07 Å². The average Bonchev–Trinajstić information content (AvgIpc) is 3.52. The molecule has 1 fully saturated rings. The van der Waals surface area contributed by atoms with Crippen molar-refractivity contribution in [2.45, 2.75) is 32.1 Å². The molecular formula is C27H31ClN2O4. The van der Waals surface area contributed by atoms with Gasteiger partial charge >= 0.3 is 0 Å². The molecule has 7 heteroatoms. The van der Waals surface area contributed by atoms with Crippen molar-refractivity contribution in [1.29, 1.82) is 0 Å². The third kappa shape index (κ3) is 3.93. The number of hydrogen-bond donors (Lipinski definition) is 0. The van der Waals surface area contributed by atoms with Crippen LogP contribution in [0.2, 0.25) is 0 Å². The smallest absolute Gasteiger partial charge is 0.231 e. The monoisotopic (exact) mass is 482 g/mol. The van der Waals surface area contributed by atoms with Crippen molar-refractivity contribution < 1.29 is 35.9 Å². The van der Waals surface area contributed by atoms with E-state index >= 15 is 0 Å². The van der Waals surface area contributed by atoms with E-state index in [0.717, 1.165) is 59.7 Å². The van der Waals surface area contributed by atoms with Gasteiger partial charge in [-0.1, -0.05) is 0 Å². The summed E-state index contributed by atoms with van der Waals surface area (Å²) in [6.07, 6.45) is 5.64. The van der Waals surface area contributed by atoms with E-state index in [1.54, 1.807) is 7.11 Å². The van der Waals surface area contributed by atoms with Gasteiger partial charge in [0.2, 0.25) is 18.0 Å². The quantitative estimate of drug-likeness (QED) is 0.388. The predicted octanol–water partition coefficient (Wildman–Crippen LogP) is 1.04. The molecule has 34 heavy (non-hydrogen) atoms. The Hall–Kier alpha value is -2.70. The summed E-state index contributed by atoms with van der Waals surface area (Å²) in [5.41, 5.74) is 6.25. The van der Waals surface area contributed by atoms with Gasteiger partial charge in [-0.25, -0.2) is 0 Å². The first-order valence-electron chi connectivity index (χ1n) is 12.0. The van der Waals surface area contributed by atoms with Gasteiger partial charge < -0.3 is 36.3 Å². The number of halogens is 1. The SMILES string of the molecule is COc1ccc2c(cc3c([n+]2C)-c2cc4c(cc2CC3)OCO4)c1OCCCN1CCCC1.[Cl-]. The number of nitrogens with zero attached hydrogens (tertiary/aromatic N) is 2. The Morgan fingerprint density at radius 2 is 1.76 bits per heavy atom. The van der Waals surface area contributed by atoms with Gasteiger partial charge in [0.05, 0.1) is 24.7 Å². The standard InChI is InChI=1S/C27H31N2O4.ClH/c1-28-22-8-9-23(30-2)27(31-13-5-12-29-10-3-4-11-29)21(22)14-19-7-6-18-15-24-25(33-17-32-24)16-20(18)26(19)28;/h8-9,14-16H,3-7,10-13,17H2,1-2H3;1H/q+1;/p-1. The molecule has 3 aromatic rings. The number of aryl methyl sites for hydroxylation is 3. The lowest BCUT2D eigenvalue weighted by Gasteiger charge is -2.20. The molecule has 3 heterocycles. The van der Waals surface area contributed by atoms with Crippen molar-refractivity contribution in [3.05, 3.63) is 41.5 Å². The Balaban J connectivity index is 0.00000241. The van der Waals surface area contributed by atoms with Crippen molar-refractivity contribution in [3.63, 3.8) is 0 Å². The lowest BCUT2D eigenvalue weighted by molar-refractivity contribution is -0.634. The van der Waals surface area contributed by atoms with E-state index in [0.29, 0.717) is 13.4 Å². The molecule has 0 amide bonds. The van der Waals surface area contributed by atoms with Crippen LogP contribution in [0.15, 0.2) is 30.3 Å². The summed E-state index contributed by atoms with van der Waals surface area (Å²) in [4.78, 5) is 2.53. The number of methoxy groups -OCH3 is 1. The molecule has 0 saturated carbocycles. The van der Waals surface area contributed by atoms with Crippen molar-refractivity contribution in [3.8, 4) is 34.3 Å². The van der Waals surface area contributed by atoms with Crippen molar-refractivity contribution >= 4 is 10.9 Å². The van der Waals surface area contributed by atoms with Crippen molar-refractivity contribution in [2.24, 2.45) is 7.05 Å². The van der Waals surface area contributed by atoms with Crippen LogP contribution in [-0.4, -0.2) is 45.0 Å². The molecule has 1 saturated heterocycles. The maximum absolute atomic E-state index is 6.38. The summed E-state index contributed by atoms with van der Waals surface area (Å²) in [5, 5.41) is 1.11. The fourth-order valence-electron chi connectivity index (χ4n) is 5.58. The van der Waals surface area contributed by atoms with E-state index in [2.05, 4.69) is 40.8 Å². The topological polar surface area (TPSA) is 44.0 Å². The molecule has 0 unspecified atom stereocenters. The van der Waals surface area contributed by atoms with Gasteiger partial charge in [0, 0.05) is 18.2 Å². The van der Waals surface area contributed by atoms with E-state index in [-0.39, 0.29) is 12.4 Å². The average molecular weight is 483 g/mol. The number of rotatable bonds is 6. The number of aromatic nitrogens is 1. The molecule has 6 nitrogen and oxygen atoms in total. The lowest BCUT2D eigenvalue weighted by atomic mass is 9.87. The fourth-order valence-corrected chi connectivity index (χ4v) is 5.58. The lowest BCUT2D eigenvalue weighted by Crippen LogP contribution is -3.00. The molecular weight excluding hydrogens is 452 g/mol. The molecule has 2 aromatic carbocycles. The van der Waals surface area contributed by atoms with E-state index in [4.69, 9.17) is 18.9 Å². The molecule has 2 aliphatic heterocycles. The summed E-state index contributed by atoms with van der Waals surface area (Å²) < 4.78 is 25.7. The summed E-state index contributed by atoms with van der Waals surface area (Å²) in [6, 6.07) is 10.7. The van der Waals surface area contributed by atoms with Crippen LogP contribution >= 0.6 is 0 Å². The number of pyridine rings is 1. The number of fused-ring (bicyclic) bond motifs is 5. The molecule has 0 spiro atoms. The molecule has 180 valence electrons. The molecule has 0 N–H and O–H groups in total. The molecule has 6 rings (SSSR count). The van der Waals surface area contributed by atoms with Crippen LogP contribution in [0.3, 0.4) is 0 Å². The number of hydrogen-bond acceptors (Lipinski definition) is 5. The number of ether oxygens (including phenoxy) is 4. The van der Waals surface area contributed by atoms with Crippen LogP contribution in [0.4, 0.5) is 0 Å². The van der Waals surface area contributed by atoms with Gasteiger partial charge in [-0.15, -0.1) is 0 Å². The highest BCUT2D eigenvalue weighted by Crippen LogP contribution is 2.43. The number of benzene rings is 2. The van der Waals surface area contributed by atoms with Gasteiger partial charge in [-0.05, 0) is 75.0 Å². The molecule has 1 aliphatic carbocycles. The second kappa shape index (κ2) is 9.51. The summed E-state index contributed by atoms with van der Waals surface area (Å²) in [6.45, 7) is 4.54. The predicted molar refractivity (Wildman–Crippen MR) is 126 cm³/mol. The minimum absolute atomic E-state index is 0. The first-order valence-corrected chi connectivity index (χ1v) is 12.0. The van der Waals surface area contributed by atoms with Gasteiger partial charge in [-0.2, -0.15) is 4.57 Å². The Morgan fingerprint density at radius 3 is 2.56 bits per heavy atom. The third-order valence-corrected chi connectivity index (χ3v) is 7.26. The zero-order chi connectivity index (χ0) is 22.4. The Kier molecular flexibility index (Phi) is 6.45. The van der Waals surface area contributed by atoms with Crippen LogP contribution in [0, 0.1) is 0 Å². The molecule has 0 atom stereocenters. The fraction of sp³-hybridized carbons (Fsp3) is 0.444. The molecule has 0 bridgehead atoms. The summed E-state index contributed by atoms with van der Waals surface area (Å²) in [7, 11) is 3.86. The molecule has 1 aromatic heterocycles. The normalized spacial score (nSPS) is 16.2. The first kappa shape index (κ1) is 23.1.